The molecule has 204 valence electrons. The lowest BCUT2D eigenvalue weighted by atomic mass is 10.2. The summed E-state index contributed by atoms with van der Waals surface area (Å²) in [5, 5.41) is 17.2. The molecule has 2 rings (SSSR count). The highest BCUT2D eigenvalue weighted by Crippen LogP contribution is 2.22. The Hall–Kier alpha value is -2.55. The van der Waals surface area contributed by atoms with Gasteiger partial charge >= 0.3 is 0 Å². The van der Waals surface area contributed by atoms with E-state index in [0.717, 1.165) is 75.1 Å². The van der Waals surface area contributed by atoms with Crippen molar-refractivity contribution in [3.8, 4) is 0 Å². The third kappa shape index (κ3) is 11.5. The van der Waals surface area contributed by atoms with Gasteiger partial charge in [0.25, 0.3) is 0 Å². The minimum Gasteiger partial charge on any atom is -0.387 e. The van der Waals surface area contributed by atoms with Gasteiger partial charge in [-0.25, -0.2) is 4.98 Å². The lowest BCUT2D eigenvalue weighted by Crippen LogP contribution is -2.24. The van der Waals surface area contributed by atoms with Crippen molar-refractivity contribution in [3.63, 3.8) is 0 Å². The van der Waals surface area contributed by atoms with Crippen LogP contribution in [0.4, 0.5) is 5.95 Å². The maximum atomic E-state index is 11.3. The molecule has 8 nitrogen and oxygen atoms in total. The zero-order chi connectivity index (χ0) is 26.1. The van der Waals surface area contributed by atoms with E-state index in [0.29, 0.717) is 23.8 Å². The number of aliphatic imine (C=N–C) groups is 1. The van der Waals surface area contributed by atoms with Crippen LogP contribution in [-0.2, 0) is 11.3 Å². The minimum absolute atomic E-state index is 0. The summed E-state index contributed by atoms with van der Waals surface area (Å²) in [5.74, 6) is 0.704. The predicted octanol–water partition coefficient (Wildman–Crippen LogP) is 5.46. The fourth-order valence-corrected chi connectivity index (χ4v) is 3.48. The first-order valence-corrected chi connectivity index (χ1v) is 12.9. The Morgan fingerprint density at radius 1 is 1.22 bits per heavy atom. The number of imidazole rings is 1. The van der Waals surface area contributed by atoms with Crippen LogP contribution in [0.15, 0.2) is 35.0 Å². The fraction of sp³-hybridized carbons (Fsp3) is 0.607. The molecule has 0 saturated carbocycles. The van der Waals surface area contributed by atoms with Crippen molar-refractivity contribution in [1.29, 1.82) is 0 Å². The molecule has 0 aliphatic rings. The highest BCUT2D eigenvalue weighted by molar-refractivity contribution is 5.92. The number of aromatic nitrogens is 2. The number of aliphatic hydroxyl groups is 1. The molecule has 1 aromatic heterocycles. The third-order valence-electron chi connectivity index (χ3n) is 5.19. The highest BCUT2D eigenvalue weighted by atomic mass is 16.5. The molecule has 1 atom stereocenters. The van der Waals surface area contributed by atoms with E-state index < -0.39 is 6.10 Å². The van der Waals surface area contributed by atoms with Crippen LogP contribution >= 0.6 is 0 Å². The van der Waals surface area contributed by atoms with Gasteiger partial charge in [-0.2, -0.15) is 0 Å². The van der Waals surface area contributed by atoms with Gasteiger partial charge in [-0.15, -0.1) is 0 Å². The van der Waals surface area contributed by atoms with Gasteiger partial charge in [0.2, 0.25) is 5.95 Å². The summed E-state index contributed by atoms with van der Waals surface area (Å²) in [6, 6.07) is 5.44. The second-order valence-electron chi connectivity index (χ2n) is 8.00. The number of ether oxygens (including phenoxy) is 1. The molecule has 0 saturated heterocycles. The van der Waals surface area contributed by atoms with Crippen LogP contribution in [0.2, 0.25) is 0 Å². The van der Waals surface area contributed by atoms with Crippen molar-refractivity contribution in [2.75, 3.05) is 38.2 Å². The van der Waals surface area contributed by atoms with Crippen LogP contribution in [0, 0.1) is 0 Å². The van der Waals surface area contributed by atoms with Gasteiger partial charge in [0.15, 0.2) is 0 Å². The topological polar surface area (TPSA) is 101 Å². The van der Waals surface area contributed by atoms with E-state index >= 15 is 0 Å². The van der Waals surface area contributed by atoms with Crippen molar-refractivity contribution in [3.05, 3.63) is 35.5 Å². The number of anilines is 1. The summed E-state index contributed by atoms with van der Waals surface area (Å²) in [6.45, 7) is 16.2. The molecule has 0 fully saturated rings. The first-order chi connectivity index (χ1) is 17.0. The Bertz CT molecular complexity index is 935. The average Bonchev–Trinajstić information content (AvgIpc) is 3.20. The number of nitrogens with one attached hydrogen (secondary N) is 2. The molecule has 1 aromatic carbocycles. The molecule has 8 heteroatoms. The second-order valence-corrected chi connectivity index (χ2v) is 8.00. The highest BCUT2D eigenvalue weighted by Gasteiger charge is 2.16. The van der Waals surface area contributed by atoms with E-state index in [-0.39, 0.29) is 7.43 Å². The van der Waals surface area contributed by atoms with E-state index in [2.05, 4.69) is 22.5 Å². The van der Waals surface area contributed by atoms with E-state index in [1.165, 1.54) is 0 Å². The minimum atomic E-state index is -0.703. The SMILES string of the molecule is C.CC.CC/C=C(/C)N=C(Cn1c(NCCCNCCCOCC)nc2ccc(C=O)cc21)C(C)O. The second kappa shape index (κ2) is 19.6. The number of hydrogen-bond donors (Lipinski definition) is 3. The van der Waals surface area contributed by atoms with Gasteiger partial charge in [0.1, 0.15) is 6.29 Å². The van der Waals surface area contributed by atoms with E-state index in [4.69, 9.17) is 9.72 Å². The lowest BCUT2D eigenvalue weighted by molar-refractivity contribution is 0.112. The quantitative estimate of drug-likeness (QED) is 0.160. The standard InChI is InChI=1S/C25H39N5O3.C2H6.CH4/c1-5-9-19(3)28-23(20(4)32)17-30-24-16-21(18-31)10-11-22(24)29-25(30)27-14-7-12-26-13-8-15-33-6-2;1-2;/h9-11,16,18,20,26,32H,5-8,12-15,17H2,1-4H3,(H,27,29);1-2H3;1H4/b19-9-,28-23?;;. The normalized spacial score (nSPS) is 12.5. The Morgan fingerprint density at radius 3 is 2.58 bits per heavy atom. The molecule has 0 bridgehead atoms. The number of nitrogens with zero attached hydrogens (tertiary/aromatic N) is 3. The molecule has 36 heavy (non-hydrogen) atoms. The summed E-state index contributed by atoms with van der Waals surface area (Å²) < 4.78 is 7.34. The van der Waals surface area contributed by atoms with Gasteiger partial charge < -0.3 is 25.0 Å². The Labute approximate surface area is 218 Å². The number of hydrogen-bond acceptors (Lipinski definition) is 7. The van der Waals surface area contributed by atoms with E-state index in [9.17, 15) is 9.90 Å². The van der Waals surface area contributed by atoms with E-state index in [1.807, 2.05) is 50.5 Å². The molecule has 0 radical (unpaired) electrons. The summed E-state index contributed by atoms with van der Waals surface area (Å²) in [5.41, 5.74) is 3.73. The van der Waals surface area contributed by atoms with Crippen molar-refractivity contribution < 1.29 is 14.6 Å². The first-order valence-electron chi connectivity index (χ1n) is 12.9. The van der Waals surface area contributed by atoms with Crippen molar-refractivity contribution >= 4 is 29.0 Å². The molecule has 0 spiro atoms. The number of aliphatic hydroxyl groups excluding tert-OH is 1. The Morgan fingerprint density at radius 2 is 1.94 bits per heavy atom. The van der Waals surface area contributed by atoms with Gasteiger partial charge in [-0.3, -0.25) is 9.79 Å². The number of fused-ring (bicyclic) bond motifs is 1. The first kappa shape index (κ1) is 33.4. The smallest absolute Gasteiger partial charge is 0.204 e. The van der Waals surface area contributed by atoms with Crippen LogP contribution in [0.3, 0.4) is 0 Å². The Kier molecular flexibility index (Phi) is 18.2. The molecule has 3 N–H and O–H groups in total. The maximum absolute atomic E-state index is 11.3. The zero-order valence-corrected chi connectivity index (χ0v) is 22.4. The largest absolute Gasteiger partial charge is 0.387 e. The fourth-order valence-electron chi connectivity index (χ4n) is 3.48. The van der Waals surface area contributed by atoms with Crippen LogP contribution < -0.4 is 10.6 Å². The summed E-state index contributed by atoms with van der Waals surface area (Å²) in [6.07, 6.45) is 4.98. The molecule has 1 unspecified atom stereocenters. The number of carbonyl (C=O) groups is 1. The Balaban J connectivity index is 0.00000398. The molecule has 0 aliphatic carbocycles. The molecule has 0 amide bonds. The van der Waals surface area contributed by atoms with Gasteiger partial charge in [0, 0.05) is 31.0 Å². The van der Waals surface area contributed by atoms with E-state index in [1.54, 1.807) is 13.0 Å². The third-order valence-corrected chi connectivity index (χ3v) is 5.19. The van der Waals surface area contributed by atoms with Crippen molar-refractivity contribution in [1.82, 2.24) is 14.9 Å². The number of benzene rings is 1. The monoisotopic (exact) mass is 503 g/mol. The molecule has 0 aliphatic heterocycles. The van der Waals surface area contributed by atoms with Crippen molar-refractivity contribution in [2.45, 2.75) is 80.9 Å². The maximum Gasteiger partial charge on any atom is 0.204 e. The average molecular weight is 504 g/mol. The van der Waals surface area contributed by atoms with Crippen LogP contribution in [0.25, 0.3) is 11.0 Å². The molecular formula is C28H49N5O3. The van der Waals surface area contributed by atoms with Crippen LogP contribution in [-0.4, -0.2) is 65.6 Å². The van der Waals surface area contributed by atoms with Crippen LogP contribution in [0.5, 0.6) is 0 Å². The van der Waals surface area contributed by atoms with Gasteiger partial charge in [-0.1, -0.05) is 34.3 Å². The molecular weight excluding hydrogens is 454 g/mol. The van der Waals surface area contributed by atoms with Crippen molar-refractivity contribution in [2.24, 2.45) is 4.99 Å². The van der Waals surface area contributed by atoms with Crippen LogP contribution in [0.1, 0.15) is 78.6 Å². The number of rotatable bonds is 16. The predicted molar refractivity (Wildman–Crippen MR) is 153 cm³/mol. The summed E-state index contributed by atoms with van der Waals surface area (Å²) in [4.78, 5) is 20.7. The number of allylic oxidation sites excluding steroid dienone is 2. The molecule has 2 aromatic rings. The van der Waals surface area contributed by atoms with Gasteiger partial charge in [0.05, 0.1) is 29.4 Å². The van der Waals surface area contributed by atoms with Gasteiger partial charge in [-0.05, 0) is 71.3 Å². The summed E-state index contributed by atoms with van der Waals surface area (Å²) in [7, 11) is 0. The lowest BCUT2D eigenvalue weighted by Gasteiger charge is -2.15. The zero-order valence-electron chi connectivity index (χ0n) is 22.4. The molecule has 1 heterocycles. The number of carbonyl (C=O) groups excluding carboxylic acids is 1. The summed E-state index contributed by atoms with van der Waals surface area (Å²) >= 11 is 0. The number of aldehydes is 1.